The van der Waals surface area contributed by atoms with Gasteiger partial charge in [-0.15, -0.1) is 0 Å². The summed E-state index contributed by atoms with van der Waals surface area (Å²) in [6.45, 7) is 0. The number of hydrazine groups is 1. The van der Waals surface area contributed by atoms with Crippen molar-refractivity contribution in [3.8, 4) is 0 Å². The summed E-state index contributed by atoms with van der Waals surface area (Å²) in [4.78, 5) is 8.85. The van der Waals surface area contributed by atoms with Gasteiger partial charge in [0.25, 0.3) is 0 Å². The zero-order chi connectivity index (χ0) is 11.7. The van der Waals surface area contributed by atoms with Crippen molar-refractivity contribution in [3.05, 3.63) is 18.6 Å². The molecule has 5 nitrogen and oxygen atoms in total. The molecule has 1 aliphatic carbocycles. The molecule has 0 radical (unpaired) electrons. The molecule has 3 rings (SSSR count). The molecule has 0 unspecified atom stereocenters. The molecule has 2 aromatic heterocycles. The van der Waals surface area contributed by atoms with Crippen molar-refractivity contribution in [2.24, 2.45) is 5.84 Å². The number of nitrogen functional groups attached to an aromatic ring is 1. The average Bonchev–Trinajstić information content (AvgIpc) is 2.98. The van der Waals surface area contributed by atoms with Gasteiger partial charge in [-0.2, -0.15) is 0 Å². The summed E-state index contributed by atoms with van der Waals surface area (Å²) in [5.74, 6) is 6.11. The molecular formula is C11H15N5S. The van der Waals surface area contributed by atoms with E-state index in [1.54, 1.807) is 6.20 Å². The fourth-order valence-electron chi connectivity index (χ4n) is 2.22. The fourth-order valence-corrected chi connectivity index (χ4v) is 3.51. The second-order valence-corrected chi connectivity index (χ2v) is 5.55. The molecule has 90 valence electrons. The van der Waals surface area contributed by atoms with Crippen molar-refractivity contribution in [2.45, 2.75) is 36.0 Å². The van der Waals surface area contributed by atoms with E-state index in [1.807, 2.05) is 28.6 Å². The Morgan fingerprint density at radius 2 is 2.24 bits per heavy atom. The molecular weight excluding hydrogens is 234 g/mol. The van der Waals surface area contributed by atoms with E-state index >= 15 is 0 Å². The van der Waals surface area contributed by atoms with Crippen LogP contribution in [0.4, 0.5) is 5.82 Å². The van der Waals surface area contributed by atoms with E-state index in [0.717, 1.165) is 10.7 Å². The highest BCUT2D eigenvalue weighted by atomic mass is 32.2. The SMILES string of the molecule is NNc1cn2ccnc2c(SC2CCCC2)n1. The number of imidazole rings is 1. The van der Waals surface area contributed by atoms with Crippen LogP contribution in [0.15, 0.2) is 23.6 Å². The first-order valence-corrected chi connectivity index (χ1v) is 6.72. The van der Waals surface area contributed by atoms with Crippen molar-refractivity contribution >= 4 is 23.2 Å². The Bertz CT molecular complexity index is 518. The predicted octanol–water partition coefficient (Wildman–Crippen LogP) is 2.05. The normalized spacial score (nSPS) is 16.8. The Hall–Kier alpha value is -1.27. The minimum absolute atomic E-state index is 0.677. The molecule has 0 aromatic carbocycles. The number of anilines is 1. The van der Waals surface area contributed by atoms with Crippen LogP contribution in [0.2, 0.25) is 0 Å². The molecule has 1 fully saturated rings. The third-order valence-electron chi connectivity index (χ3n) is 3.07. The van der Waals surface area contributed by atoms with Gasteiger partial charge in [0, 0.05) is 17.6 Å². The quantitative estimate of drug-likeness (QED) is 0.643. The number of hydrogen-bond donors (Lipinski definition) is 2. The zero-order valence-electron chi connectivity index (χ0n) is 9.47. The Morgan fingerprint density at radius 3 is 3.00 bits per heavy atom. The molecule has 1 aliphatic rings. The molecule has 2 aromatic rings. The van der Waals surface area contributed by atoms with E-state index in [4.69, 9.17) is 5.84 Å². The summed E-state index contributed by atoms with van der Waals surface area (Å²) in [5.41, 5.74) is 3.52. The largest absolute Gasteiger partial charge is 0.307 e. The van der Waals surface area contributed by atoms with Crippen LogP contribution < -0.4 is 11.3 Å². The maximum absolute atomic E-state index is 5.43. The van der Waals surface area contributed by atoms with E-state index in [0.29, 0.717) is 11.1 Å². The van der Waals surface area contributed by atoms with Crippen molar-refractivity contribution in [2.75, 3.05) is 5.43 Å². The molecule has 17 heavy (non-hydrogen) atoms. The number of rotatable bonds is 3. The van der Waals surface area contributed by atoms with Gasteiger partial charge in [0.15, 0.2) is 11.5 Å². The summed E-state index contributed by atoms with van der Waals surface area (Å²) in [6, 6.07) is 0. The van der Waals surface area contributed by atoms with Crippen LogP contribution >= 0.6 is 11.8 Å². The number of nitrogens with one attached hydrogen (secondary N) is 1. The number of fused-ring (bicyclic) bond motifs is 1. The lowest BCUT2D eigenvalue weighted by Gasteiger charge is -2.10. The predicted molar refractivity (Wildman–Crippen MR) is 68.9 cm³/mol. The lowest BCUT2D eigenvalue weighted by Crippen LogP contribution is -2.10. The van der Waals surface area contributed by atoms with E-state index in [9.17, 15) is 0 Å². The van der Waals surface area contributed by atoms with Gasteiger partial charge >= 0.3 is 0 Å². The number of thioether (sulfide) groups is 1. The molecule has 0 amide bonds. The highest BCUT2D eigenvalue weighted by Gasteiger charge is 2.19. The summed E-state index contributed by atoms with van der Waals surface area (Å²) in [6.07, 6.45) is 10.8. The summed E-state index contributed by atoms with van der Waals surface area (Å²) in [7, 11) is 0. The lowest BCUT2D eigenvalue weighted by atomic mass is 10.4. The van der Waals surface area contributed by atoms with Gasteiger partial charge in [-0.25, -0.2) is 15.8 Å². The van der Waals surface area contributed by atoms with Crippen LogP contribution in [-0.2, 0) is 0 Å². The zero-order valence-corrected chi connectivity index (χ0v) is 10.3. The van der Waals surface area contributed by atoms with Crippen molar-refractivity contribution in [1.29, 1.82) is 0 Å². The Labute approximate surface area is 104 Å². The van der Waals surface area contributed by atoms with E-state index in [2.05, 4.69) is 15.4 Å². The van der Waals surface area contributed by atoms with Gasteiger partial charge in [0.05, 0.1) is 6.20 Å². The van der Waals surface area contributed by atoms with Crippen LogP contribution in [0.5, 0.6) is 0 Å². The highest BCUT2D eigenvalue weighted by Crippen LogP contribution is 2.35. The van der Waals surface area contributed by atoms with Crippen LogP contribution in [0.3, 0.4) is 0 Å². The van der Waals surface area contributed by atoms with E-state index in [-0.39, 0.29) is 0 Å². The van der Waals surface area contributed by atoms with Gasteiger partial charge in [-0.3, -0.25) is 0 Å². The standard InChI is InChI=1S/C11H15N5S/c12-15-9-7-16-6-5-13-10(16)11(14-9)17-8-3-1-2-4-8/h5-8,15H,1-4,12H2. The first-order chi connectivity index (χ1) is 8.36. The topological polar surface area (TPSA) is 68.2 Å². The Balaban J connectivity index is 1.97. The second-order valence-electron chi connectivity index (χ2n) is 4.26. The van der Waals surface area contributed by atoms with Gasteiger partial charge in [-0.05, 0) is 12.8 Å². The van der Waals surface area contributed by atoms with Gasteiger partial charge in [0.1, 0.15) is 5.03 Å². The number of aromatic nitrogens is 3. The summed E-state index contributed by atoms with van der Waals surface area (Å²) >= 11 is 1.82. The van der Waals surface area contributed by atoms with Crippen molar-refractivity contribution in [3.63, 3.8) is 0 Å². The molecule has 3 N–H and O–H groups in total. The molecule has 6 heteroatoms. The minimum Gasteiger partial charge on any atom is -0.307 e. The monoisotopic (exact) mass is 249 g/mol. The third kappa shape index (κ3) is 2.10. The van der Waals surface area contributed by atoms with Gasteiger partial charge in [0.2, 0.25) is 0 Å². The smallest absolute Gasteiger partial charge is 0.169 e. The van der Waals surface area contributed by atoms with Crippen LogP contribution in [0.1, 0.15) is 25.7 Å². The Morgan fingerprint density at radius 1 is 1.41 bits per heavy atom. The molecule has 0 spiro atoms. The molecule has 1 saturated carbocycles. The van der Waals surface area contributed by atoms with Crippen molar-refractivity contribution in [1.82, 2.24) is 14.4 Å². The van der Waals surface area contributed by atoms with Gasteiger partial charge in [-0.1, -0.05) is 24.6 Å². The summed E-state index contributed by atoms with van der Waals surface area (Å²) < 4.78 is 1.96. The molecule has 0 aliphatic heterocycles. The first-order valence-electron chi connectivity index (χ1n) is 5.84. The van der Waals surface area contributed by atoms with Crippen molar-refractivity contribution < 1.29 is 0 Å². The molecule has 0 atom stereocenters. The number of nitrogens with two attached hydrogens (primary N) is 1. The van der Waals surface area contributed by atoms with Crippen LogP contribution in [-0.4, -0.2) is 19.6 Å². The van der Waals surface area contributed by atoms with Gasteiger partial charge < -0.3 is 9.83 Å². The molecule has 0 saturated heterocycles. The maximum Gasteiger partial charge on any atom is 0.169 e. The minimum atomic E-state index is 0.677. The molecule has 0 bridgehead atoms. The van der Waals surface area contributed by atoms with E-state index in [1.165, 1.54) is 25.7 Å². The average molecular weight is 249 g/mol. The fraction of sp³-hybridized carbons (Fsp3) is 0.455. The highest BCUT2D eigenvalue weighted by molar-refractivity contribution is 8.00. The van der Waals surface area contributed by atoms with Crippen LogP contribution in [0, 0.1) is 0 Å². The Kier molecular flexibility index (Phi) is 2.90. The summed E-state index contributed by atoms with van der Waals surface area (Å²) in [5, 5.41) is 1.65. The lowest BCUT2D eigenvalue weighted by molar-refractivity contribution is 0.886. The number of hydrogen-bond acceptors (Lipinski definition) is 5. The number of nitrogens with zero attached hydrogens (tertiary/aromatic N) is 3. The maximum atomic E-state index is 5.43. The third-order valence-corrected chi connectivity index (χ3v) is 4.37. The van der Waals surface area contributed by atoms with Crippen LogP contribution in [0.25, 0.3) is 5.65 Å². The second kappa shape index (κ2) is 4.54. The molecule has 2 heterocycles. The first kappa shape index (κ1) is 10.9. The van der Waals surface area contributed by atoms with E-state index < -0.39 is 0 Å².